The van der Waals surface area contributed by atoms with E-state index >= 15 is 0 Å². The van der Waals surface area contributed by atoms with Crippen LogP contribution in [-0.4, -0.2) is 116 Å². The van der Waals surface area contributed by atoms with E-state index in [1.807, 2.05) is 108 Å². The number of piperazine rings is 1. The zero-order chi connectivity index (χ0) is 39.2. The zero-order valence-electron chi connectivity index (χ0n) is 32.7. The number of thiazole rings is 1. The van der Waals surface area contributed by atoms with Crippen molar-refractivity contribution in [1.82, 2.24) is 40.3 Å². The van der Waals surface area contributed by atoms with E-state index in [-0.39, 0.29) is 30.2 Å². The van der Waals surface area contributed by atoms with E-state index in [9.17, 15) is 19.5 Å². The Bertz CT molecular complexity index is 1820. The summed E-state index contributed by atoms with van der Waals surface area (Å²) in [6, 6.07) is 15.4. The molecule has 292 valence electrons. The maximum Gasteiger partial charge on any atom is 0.417 e. The third kappa shape index (κ3) is 10.9. The van der Waals surface area contributed by atoms with Crippen LogP contribution in [0.15, 0.2) is 60.0 Å². The van der Waals surface area contributed by atoms with Gasteiger partial charge in [-0.25, -0.2) is 14.8 Å². The Morgan fingerprint density at radius 1 is 1.04 bits per heavy atom. The highest BCUT2D eigenvalue weighted by Crippen LogP contribution is 2.25. The van der Waals surface area contributed by atoms with Gasteiger partial charge in [0, 0.05) is 44.7 Å². The maximum absolute atomic E-state index is 14.1. The van der Waals surface area contributed by atoms with E-state index in [0.717, 1.165) is 27.4 Å². The van der Waals surface area contributed by atoms with Crippen LogP contribution in [0.25, 0.3) is 11.0 Å². The predicted molar refractivity (Wildman–Crippen MR) is 211 cm³/mol. The normalized spacial score (nSPS) is 17.4. The maximum atomic E-state index is 14.1. The first-order valence-electron chi connectivity index (χ1n) is 18.7. The van der Waals surface area contributed by atoms with Gasteiger partial charge < -0.3 is 25.5 Å². The van der Waals surface area contributed by atoms with Gasteiger partial charge in [-0.3, -0.25) is 24.3 Å². The highest BCUT2D eigenvalue weighted by Gasteiger charge is 2.38. The Kier molecular flexibility index (Phi) is 13.5. The number of hydrogen-bond donors (Lipinski definition) is 4. The number of carbonyl (C=O) groups is 3. The summed E-state index contributed by atoms with van der Waals surface area (Å²) >= 11 is 1.41. The molecule has 14 heteroatoms. The summed E-state index contributed by atoms with van der Waals surface area (Å²) in [5.74, 6) is 0.395. The molecular formula is C40H56N8O5S. The smallest absolute Gasteiger partial charge is 0.390 e. The standard InChI is InChI=1S/C40H56N8O5S/c1-25(2)35(46(8)39(52)53-34-24-54-38(44-34)26(3)4)37(51)43-30(20-27-14-10-9-11-15-27)32(49)22-48-19-18-47(21-31(48)36(50)45-40(5,6)7)23-33-41-28-16-12-13-17-29(28)42-33/h9-17,24-26,30-32,35,49H,18-23H2,1-8H3,(H,41,42)(H,43,51)(H,45,50)/t30-,31-,32+,35-/m0/s1. The molecule has 54 heavy (non-hydrogen) atoms. The van der Waals surface area contributed by atoms with Crippen molar-refractivity contribution in [2.45, 2.75) is 97.1 Å². The number of nitrogens with zero attached hydrogens (tertiary/aromatic N) is 5. The number of aliphatic hydroxyl groups excluding tert-OH is 1. The molecule has 0 bridgehead atoms. The number of imidazole rings is 1. The van der Waals surface area contributed by atoms with Gasteiger partial charge in [0.25, 0.3) is 0 Å². The van der Waals surface area contributed by atoms with E-state index in [2.05, 4.69) is 25.5 Å². The van der Waals surface area contributed by atoms with Crippen LogP contribution in [0.4, 0.5) is 4.79 Å². The van der Waals surface area contributed by atoms with Crippen molar-refractivity contribution in [3.05, 3.63) is 76.4 Å². The molecule has 2 aromatic heterocycles. The first kappa shape index (κ1) is 40.8. The molecule has 1 saturated heterocycles. The van der Waals surface area contributed by atoms with Crippen molar-refractivity contribution < 1.29 is 24.2 Å². The number of rotatable bonds is 14. The molecule has 3 heterocycles. The summed E-state index contributed by atoms with van der Waals surface area (Å²) in [4.78, 5) is 59.3. The molecule has 5 rings (SSSR count). The number of aromatic amines is 1. The zero-order valence-corrected chi connectivity index (χ0v) is 33.5. The molecule has 1 aliphatic heterocycles. The van der Waals surface area contributed by atoms with Crippen LogP contribution < -0.4 is 15.4 Å². The van der Waals surface area contributed by atoms with Gasteiger partial charge in [-0.05, 0) is 50.8 Å². The minimum Gasteiger partial charge on any atom is -0.390 e. The topological polar surface area (TPSA) is 156 Å². The van der Waals surface area contributed by atoms with Crippen LogP contribution in [0.1, 0.15) is 70.8 Å². The van der Waals surface area contributed by atoms with Crippen LogP contribution in [0.5, 0.6) is 5.88 Å². The molecule has 0 radical (unpaired) electrons. The number of benzene rings is 2. The fourth-order valence-electron chi connectivity index (χ4n) is 6.81. The first-order valence-corrected chi connectivity index (χ1v) is 19.6. The summed E-state index contributed by atoms with van der Waals surface area (Å²) < 4.78 is 5.57. The van der Waals surface area contributed by atoms with Gasteiger partial charge in [-0.1, -0.05) is 70.2 Å². The minimum atomic E-state index is -1.05. The number of aliphatic hydroxyl groups is 1. The Balaban J connectivity index is 1.32. The molecule has 0 unspecified atom stereocenters. The third-order valence-corrected chi connectivity index (χ3v) is 10.6. The minimum absolute atomic E-state index is 0.131. The van der Waals surface area contributed by atoms with E-state index < -0.39 is 41.8 Å². The van der Waals surface area contributed by atoms with Gasteiger partial charge in [0.1, 0.15) is 17.9 Å². The van der Waals surface area contributed by atoms with E-state index in [0.29, 0.717) is 32.6 Å². The summed E-state index contributed by atoms with van der Waals surface area (Å²) in [6.45, 7) is 15.9. The number of ether oxygens (including phenoxy) is 1. The van der Waals surface area contributed by atoms with Gasteiger partial charge in [-0.2, -0.15) is 0 Å². The summed E-state index contributed by atoms with van der Waals surface area (Å²) in [5, 5.41) is 20.7. The number of fused-ring (bicyclic) bond motifs is 1. The Labute approximate surface area is 322 Å². The highest BCUT2D eigenvalue weighted by molar-refractivity contribution is 7.09. The molecular weight excluding hydrogens is 705 g/mol. The molecule has 0 saturated carbocycles. The SMILES string of the molecule is CC(C)c1nc(OC(=O)N(C)[C@H](C(=O)N[C@@H](Cc2ccccc2)[C@H](O)CN2CCN(Cc3nc4ccccc4[nH]3)C[C@H]2C(=O)NC(C)(C)C)C(C)C)cs1. The highest BCUT2D eigenvalue weighted by atomic mass is 32.1. The van der Waals surface area contributed by atoms with Crippen LogP contribution in [0, 0.1) is 5.92 Å². The third-order valence-electron chi connectivity index (χ3n) is 9.49. The predicted octanol–water partition coefficient (Wildman–Crippen LogP) is 4.79. The summed E-state index contributed by atoms with van der Waals surface area (Å²) in [7, 11) is 1.54. The number of amides is 3. The lowest BCUT2D eigenvalue weighted by Gasteiger charge is -2.43. The van der Waals surface area contributed by atoms with Crippen LogP contribution in [-0.2, 0) is 22.6 Å². The van der Waals surface area contributed by atoms with Crippen molar-refractivity contribution in [1.29, 1.82) is 0 Å². The largest absolute Gasteiger partial charge is 0.417 e. The molecule has 2 aromatic carbocycles. The lowest BCUT2D eigenvalue weighted by molar-refractivity contribution is -0.132. The number of carbonyl (C=O) groups excluding carboxylic acids is 3. The summed E-state index contributed by atoms with van der Waals surface area (Å²) in [6.07, 6.45) is -1.40. The van der Waals surface area contributed by atoms with Gasteiger partial charge in [-0.15, -0.1) is 11.3 Å². The molecule has 1 fully saturated rings. The fraction of sp³-hybridized carbons (Fsp3) is 0.525. The number of aromatic nitrogens is 3. The quantitative estimate of drug-likeness (QED) is 0.142. The van der Waals surface area contributed by atoms with Crippen molar-refractivity contribution in [3.63, 3.8) is 0 Å². The Morgan fingerprint density at radius 3 is 2.39 bits per heavy atom. The molecule has 1 aliphatic rings. The molecule has 4 atom stereocenters. The van der Waals surface area contributed by atoms with Crippen LogP contribution in [0.3, 0.4) is 0 Å². The number of para-hydroxylation sites is 2. The van der Waals surface area contributed by atoms with Gasteiger partial charge in [0.2, 0.25) is 17.7 Å². The second-order valence-corrected chi connectivity index (χ2v) is 16.8. The van der Waals surface area contributed by atoms with Gasteiger partial charge in [0.05, 0.1) is 40.1 Å². The molecule has 3 amide bonds. The molecule has 4 aromatic rings. The number of nitrogens with one attached hydrogen (secondary N) is 3. The number of β-amino-alcohol motifs (C(OH)–C–C–N with tert-alkyl or cyclic N) is 1. The number of likely N-dealkylation sites (N-methyl/N-ethyl adjacent to an activating group) is 1. The average Bonchev–Trinajstić information content (AvgIpc) is 3.75. The monoisotopic (exact) mass is 760 g/mol. The summed E-state index contributed by atoms with van der Waals surface area (Å²) in [5.41, 5.74) is 2.33. The van der Waals surface area contributed by atoms with Gasteiger partial charge >= 0.3 is 6.09 Å². The Morgan fingerprint density at radius 2 is 1.74 bits per heavy atom. The lowest BCUT2D eigenvalue weighted by atomic mass is 9.97. The second-order valence-electron chi connectivity index (χ2n) is 15.9. The van der Waals surface area contributed by atoms with Crippen molar-refractivity contribution in [3.8, 4) is 5.88 Å². The van der Waals surface area contributed by atoms with E-state index in [1.54, 1.807) is 5.38 Å². The van der Waals surface area contributed by atoms with Crippen LogP contribution >= 0.6 is 11.3 Å². The second kappa shape index (κ2) is 17.8. The Hall–Kier alpha value is -4.37. The van der Waals surface area contributed by atoms with E-state index in [1.165, 1.54) is 23.3 Å². The molecule has 13 nitrogen and oxygen atoms in total. The molecule has 0 aliphatic carbocycles. The van der Waals surface area contributed by atoms with Crippen LogP contribution in [0.2, 0.25) is 0 Å². The molecule has 0 spiro atoms. The van der Waals surface area contributed by atoms with Gasteiger partial charge in [0.15, 0.2) is 0 Å². The van der Waals surface area contributed by atoms with E-state index in [4.69, 9.17) is 9.72 Å². The van der Waals surface area contributed by atoms with Crippen molar-refractivity contribution >= 4 is 40.3 Å². The van der Waals surface area contributed by atoms with Crippen molar-refractivity contribution in [2.75, 3.05) is 33.2 Å². The number of H-pyrrole nitrogens is 1. The number of hydrogen-bond acceptors (Lipinski definition) is 10. The van der Waals surface area contributed by atoms with Crippen molar-refractivity contribution in [2.24, 2.45) is 5.92 Å². The average molecular weight is 761 g/mol. The first-order chi connectivity index (χ1) is 25.6. The lowest BCUT2D eigenvalue weighted by Crippen LogP contribution is -2.63. The molecule has 4 N–H and O–H groups in total. The fourth-order valence-corrected chi connectivity index (χ4v) is 7.54.